The number of piperazine rings is 1. The summed E-state index contributed by atoms with van der Waals surface area (Å²) in [6.07, 6.45) is 6.70. The molecule has 0 N–H and O–H groups in total. The number of oxazole rings is 1. The molecule has 2 aromatic carbocycles. The van der Waals surface area contributed by atoms with Crippen molar-refractivity contribution < 1.29 is 21.3 Å². The summed E-state index contributed by atoms with van der Waals surface area (Å²) in [5.41, 5.74) is 3.03. The number of anilines is 1. The summed E-state index contributed by atoms with van der Waals surface area (Å²) < 4.78 is 57.9. The summed E-state index contributed by atoms with van der Waals surface area (Å²) in [7, 11) is -7.12. The van der Waals surface area contributed by atoms with Gasteiger partial charge < -0.3 is 9.32 Å². The Labute approximate surface area is 248 Å². The molecule has 0 atom stereocenters. The number of sulfone groups is 1. The molecule has 0 saturated carbocycles. The van der Waals surface area contributed by atoms with Crippen LogP contribution in [0.3, 0.4) is 0 Å². The van der Waals surface area contributed by atoms with E-state index in [1.807, 2.05) is 30.0 Å². The molecule has 0 bridgehead atoms. The van der Waals surface area contributed by atoms with Crippen LogP contribution in [0.2, 0.25) is 0 Å². The average molecular weight is 621 g/mol. The monoisotopic (exact) mass is 620 g/mol. The number of pyridine rings is 1. The van der Waals surface area contributed by atoms with Gasteiger partial charge in [-0.15, -0.1) is 0 Å². The van der Waals surface area contributed by atoms with Crippen molar-refractivity contribution in [2.24, 2.45) is 0 Å². The van der Waals surface area contributed by atoms with Crippen LogP contribution in [0.15, 0.2) is 81.4 Å². The van der Waals surface area contributed by atoms with Crippen molar-refractivity contribution in [2.45, 2.75) is 11.8 Å². The molecule has 0 aliphatic carbocycles. The van der Waals surface area contributed by atoms with Crippen molar-refractivity contribution in [3.63, 3.8) is 0 Å². The van der Waals surface area contributed by atoms with Gasteiger partial charge in [-0.3, -0.25) is 9.78 Å². The maximum absolute atomic E-state index is 13.9. The fourth-order valence-corrected chi connectivity index (χ4v) is 6.99. The quantitative estimate of drug-likeness (QED) is 0.277. The summed E-state index contributed by atoms with van der Waals surface area (Å²) in [4.78, 5) is 24.1. The number of sulfonamides is 1. The predicted molar refractivity (Wildman–Crippen MR) is 163 cm³/mol. The van der Waals surface area contributed by atoms with Gasteiger partial charge >= 0.3 is 0 Å². The highest BCUT2D eigenvalue weighted by Crippen LogP contribution is 2.32. The number of aryl methyl sites for hydroxylation is 1. The van der Waals surface area contributed by atoms with Crippen LogP contribution < -0.4 is 10.5 Å². The number of benzene rings is 2. The zero-order valence-corrected chi connectivity index (χ0v) is 25.3. The molecular weight excluding hydrogens is 592 g/mol. The lowest BCUT2D eigenvalue weighted by Gasteiger charge is -2.35. The first kappa shape index (κ1) is 28.7. The lowest BCUT2D eigenvalue weighted by Crippen LogP contribution is -2.48. The van der Waals surface area contributed by atoms with E-state index in [1.54, 1.807) is 30.5 Å². The van der Waals surface area contributed by atoms with Gasteiger partial charge in [0.15, 0.2) is 22.0 Å². The third-order valence-electron chi connectivity index (χ3n) is 7.37. The fourth-order valence-electron chi connectivity index (χ4n) is 5.32. The van der Waals surface area contributed by atoms with Crippen LogP contribution in [0.5, 0.6) is 0 Å². The molecule has 0 spiro atoms. The Bertz CT molecular complexity index is 2140. The zero-order chi connectivity index (χ0) is 30.5. The van der Waals surface area contributed by atoms with Gasteiger partial charge in [0.2, 0.25) is 10.0 Å². The largest absolute Gasteiger partial charge is 0.444 e. The van der Waals surface area contributed by atoms with E-state index >= 15 is 0 Å². The van der Waals surface area contributed by atoms with E-state index in [-0.39, 0.29) is 29.2 Å². The molecule has 1 saturated heterocycles. The first-order chi connectivity index (χ1) is 20.4. The molecule has 43 heavy (non-hydrogen) atoms. The Kier molecular flexibility index (Phi) is 7.15. The van der Waals surface area contributed by atoms with Crippen LogP contribution in [0.1, 0.15) is 5.56 Å². The second kappa shape index (κ2) is 10.7. The number of rotatable bonds is 6. The number of nitrogens with zero attached hydrogens (tertiary/aromatic N) is 6. The lowest BCUT2D eigenvalue weighted by molar-refractivity contribution is 0.388. The first-order valence-corrected chi connectivity index (χ1v) is 17.1. The summed E-state index contributed by atoms with van der Waals surface area (Å²) >= 11 is 0. The van der Waals surface area contributed by atoms with Gasteiger partial charge in [0.25, 0.3) is 5.56 Å². The zero-order valence-electron chi connectivity index (χ0n) is 23.6. The molecular formula is C29H28N6O6S2. The van der Waals surface area contributed by atoms with Gasteiger partial charge in [-0.25, -0.2) is 21.8 Å². The Morgan fingerprint density at radius 3 is 2.33 bits per heavy atom. The molecule has 0 radical (unpaired) electrons. The molecule has 4 heterocycles. The normalized spacial score (nSPS) is 14.8. The predicted octanol–water partition coefficient (Wildman–Crippen LogP) is 2.90. The minimum Gasteiger partial charge on any atom is -0.444 e. The maximum Gasteiger partial charge on any atom is 0.298 e. The average Bonchev–Trinajstić information content (AvgIpc) is 3.52. The van der Waals surface area contributed by atoms with Gasteiger partial charge in [0.1, 0.15) is 11.2 Å². The molecule has 0 unspecified atom stereocenters. The van der Waals surface area contributed by atoms with Gasteiger partial charge in [-0.1, -0.05) is 0 Å². The Hall–Kier alpha value is -4.40. The van der Waals surface area contributed by atoms with Crippen LogP contribution in [-0.4, -0.2) is 79.6 Å². The fraction of sp³-hybridized carbons (Fsp3) is 0.241. The van der Waals surface area contributed by atoms with Crippen LogP contribution in [0.4, 0.5) is 5.69 Å². The van der Waals surface area contributed by atoms with Crippen molar-refractivity contribution in [3.05, 3.63) is 83.2 Å². The molecule has 222 valence electrons. The Morgan fingerprint density at radius 1 is 0.907 bits per heavy atom. The highest BCUT2D eigenvalue weighted by molar-refractivity contribution is 7.90. The van der Waals surface area contributed by atoms with E-state index in [9.17, 15) is 21.6 Å². The van der Waals surface area contributed by atoms with Gasteiger partial charge in [0.05, 0.1) is 23.0 Å². The minimum atomic E-state index is -3.79. The second-order valence-electron chi connectivity index (χ2n) is 10.5. The number of fused-ring (bicyclic) bond motifs is 1. The van der Waals surface area contributed by atoms with Gasteiger partial charge in [0, 0.05) is 60.8 Å². The van der Waals surface area contributed by atoms with E-state index in [2.05, 4.69) is 9.97 Å². The van der Waals surface area contributed by atoms with Crippen LogP contribution in [0, 0.1) is 6.92 Å². The summed E-state index contributed by atoms with van der Waals surface area (Å²) in [6, 6.07) is 13.9. The molecule has 5 aromatic rings. The molecule has 0 amide bonds. The van der Waals surface area contributed by atoms with Crippen LogP contribution in [-0.2, 0) is 19.9 Å². The van der Waals surface area contributed by atoms with E-state index < -0.39 is 25.4 Å². The molecule has 6 rings (SSSR count). The second-order valence-corrected chi connectivity index (χ2v) is 14.5. The third-order valence-corrected chi connectivity index (χ3v) is 9.82. The lowest BCUT2D eigenvalue weighted by atomic mass is 10.0. The molecule has 1 fully saturated rings. The topological polar surface area (TPSA) is 149 Å². The summed E-state index contributed by atoms with van der Waals surface area (Å²) in [6.45, 7) is 3.28. The van der Waals surface area contributed by atoms with Gasteiger partial charge in [-0.05, 0) is 61.0 Å². The van der Waals surface area contributed by atoms with Gasteiger partial charge in [-0.2, -0.15) is 14.1 Å². The number of aromatic nitrogens is 4. The van der Waals surface area contributed by atoms with Crippen LogP contribution >= 0.6 is 0 Å². The highest BCUT2D eigenvalue weighted by Gasteiger charge is 2.26. The van der Waals surface area contributed by atoms with Crippen molar-refractivity contribution >= 4 is 36.5 Å². The summed E-state index contributed by atoms with van der Waals surface area (Å²) in [5.74, 6) is 0.559. The van der Waals surface area contributed by atoms with Crippen LogP contribution in [0.25, 0.3) is 39.2 Å². The van der Waals surface area contributed by atoms with Crippen molar-refractivity contribution in [3.8, 4) is 28.3 Å². The van der Waals surface area contributed by atoms with E-state index in [0.29, 0.717) is 41.2 Å². The number of hydrogen-bond acceptors (Lipinski definition) is 10. The maximum atomic E-state index is 13.9. The van der Waals surface area contributed by atoms with Crippen molar-refractivity contribution in [2.75, 3.05) is 43.6 Å². The SMILES string of the molecule is Cc1cc(-c2cnco2)cc(-c2nn(-c3cc(N4CCN(S(C)(=O)=O)CC4)ccc3S(C)(=O)=O)c(=O)c3ncccc23)c1. The molecule has 1 aliphatic heterocycles. The third kappa shape index (κ3) is 5.56. The molecule has 12 nitrogen and oxygen atoms in total. The number of hydrogen-bond donors (Lipinski definition) is 0. The standard InChI is InChI=1S/C29H28N6O6S2/c1-19-13-20(25-17-30-18-41-25)15-21(14-19)27-23-5-4-8-31-28(23)29(36)35(32-27)24-16-22(6-7-26(24)42(2,37)38)33-9-11-34(12-10-33)43(3,39)40/h4-8,13-18H,9-12H2,1-3H3. The van der Waals surface area contributed by atoms with E-state index in [4.69, 9.17) is 9.52 Å². The first-order valence-electron chi connectivity index (χ1n) is 13.3. The Balaban J connectivity index is 1.55. The highest BCUT2D eigenvalue weighted by atomic mass is 32.2. The van der Waals surface area contributed by atoms with E-state index in [1.165, 1.54) is 29.2 Å². The smallest absolute Gasteiger partial charge is 0.298 e. The van der Waals surface area contributed by atoms with E-state index in [0.717, 1.165) is 22.1 Å². The minimum absolute atomic E-state index is 0.0755. The van der Waals surface area contributed by atoms with Crippen molar-refractivity contribution in [1.29, 1.82) is 0 Å². The molecule has 1 aliphatic rings. The summed E-state index contributed by atoms with van der Waals surface area (Å²) in [5, 5.41) is 5.26. The Morgan fingerprint density at radius 2 is 1.65 bits per heavy atom. The molecule has 14 heteroatoms. The van der Waals surface area contributed by atoms with Crippen molar-refractivity contribution in [1.82, 2.24) is 24.1 Å². The molecule has 3 aromatic heterocycles.